The summed E-state index contributed by atoms with van der Waals surface area (Å²) in [6, 6.07) is 16.1. The van der Waals surface area contributed by atoms with Crippen molar-refractivity contribution in [2.75, 3.05) is 7.11 Å². The fourth-order valence-corrected chi connectivity index (χ4v) is 3.49. The van der Waals surface area contributed by atoms with Gasteiger partial charge in [0.05, 0.1) is 0 Å². The molecular weight excluding hydrogens is 305 g/mol. The Morgan fingerprint density at radius 1 is 1.05 bits per heavy atom. The first-order valence-electron chi connectivity index (χ1n) is 5.96. The van der Waals surface area contributed by atoms with Crippen LogP contribution in [0.15, 0.2) is 48.5 Å². The summed E-state index contributed by atoms with van der Waals surface area (Å²) in [7, 11) is 1.67. The predicted molar refractivity (Wildman–Crippen MR) is 76.0 cm³/mol. The van der Waals surface area contributed by atoms with E-state index in [1.54, 1.807) is 7.11 Å². The van der Waals surface area contributed by atoms with Crippen LogP contribution in [-0.4, -0.2) is 26.6 Å². The normalized spacial score (nSPS) is 10.6. The zero-order valence-electron chi connectivity index (χ0n) is 10.5. The second kappa shape index (κ2) is 5.47. The molecule has 19 heavy (non-hydrogen) atoms. The monoisotopic (exact) mass is 319 g/mol. The van der Waals surface area contributed by atoms with E-state index in [0.717, 1.165) is 21.6 Å². The summed E-state index contributed by atoms with van der Waals surface area (Å²) in [6.07, 6.45) is 0. The van der Waals surface area contributed by atoms with Crippen molar-refractivity contribution in [1.82, 2.24) is 4.98 Å². The number of ether oxygens (including phenoxy) is 2. The Balaban J connectivity index is 1.70. The number of fused-ring (bicyclic) bond motifs is 1. The van der Waals surface area contributed by atoms with Gasteiger partial charge in [-0.05, 0) is 0 Å². The Bertz CT molecular complexity index is 643. The standard InChI is InChI=1S/C15H13NO2Se/c1-17-12-8-6-11(7-9-12)10-18-15-16-13-4-2-3-5-14(13)19-15/h2-9H,10H2,1H3. The number of aromatic nitrogens is 1. The second-order valence-corrected chi connectivity index (χ2v) is 6.17. The third-order valence-corrected chi connectivity index (χ3v) is 4.79. The number of benzene rings is 2. The Labute approximate surface area is 117 Å². The quantitative estimate of drug-likeness (QED) is 0.693. The molecule has 3 nitrogen and oxygen atoms in total. The molecule has 2 aromatic carbocycles. The number of rotatable bonds is 4. The van der Waals surface area contributed by atoms with E-state index in [-0.39, 0.29) is 14.5 Å². The molecule has 0 N–H and O–H groups in total. The number of para-hydroxylation sites is 1. The van der Waals surface area contributed by atoms with Gasteiger partial charge in [0.25, 0.3) is 0 Å². The topological polar surface area (TPSA) is 31.4 Å². The zero-order chi connectivity index (χ0) is 13.1. The van der Waals surface area contributed by atoms with Gasteiger partial charge in [-0.1, -0.05) is 0 Å². The van der Waals surface area contributed by atoms with Gasteiger partial charge in [-0.25, -0.2) is 0 Å². The molecule has 0 saturated heterocycles. The van der Waals surface area contributed by atoms with Gasteiger partial charge in [0.1, 0.15) is 0 Å². The van der Waals surface area contributed by atoms with Gasteiger partial charge in [0, 0.05) is 0 Å². The summed E-state index contributed by atoms with van der Waals surface area (Å²) < 4.78 is 13.1. The Kier molecular flexibility index (Phi) is 3.53. The zero-order valence-corrected chi connectivity index (χ0v) is 12.2. The summed E-state index contributed by atoms with van der Waals surface area (Å²) in [5.41, 5.74) is 2.17. The molecule has 1 aromatic heterocycles. The maximum atomic E-state index is 5.78. The van der Waals surface area contributed by atoms with E-state index in [1.165, 1.54) is 4.26 Å². The van der Waals surface area contributed by atoms with Crippen molar-refractivity contribution in [2.24, 2.45) is 0 Å². The van der Waals surface area contributed by atoms with Gasteiger partial charge in [-0.15, -0.1) is 0 Å². The minimum absolute atomic E-state index is 0.197. The van der Waals surface area contributed by atoms with E-state index >= 15 is 0 Å². The van der Waals surface area contributed by atoms with E-state index in [9.17, 15) is 0 Å². The van der Waals surface area contributed by atoms with E-state index in [1.807, 2.05) is 42.5 Å². The van der Waals surface area contributed by atoms with Gasteiger partial charge >= 0.3 is 117 Å². The summed E-state index contributed by atoms with van der Waals surface area (Å²) in [5, 5.41) is 0. The first-order valence-corrected chi connectivity index (χ1v) is 7.68. The van der Waals surface area contributed by atoms with E-state index < -0.39 is 0 Å². The molecule has 3 aromatic rings. The van der Waals surface area contributed by atoms with Crippen LogP contribution in [0, 0.1) is 0 Å². The Hall–Kier alpha value is -1.77. The van der Waals surface area contributed by atoms with E-state index in [4.69, 9.17) is 9.47 Å². The van der Waals surface area contributed by atoms with Crippen LogP contribution in [0.5, 0.6) is 10.5 Å². The molecule has 0 aliphatic heterocycles. The van der Waals surface area contributed by atoms with Crippen LogP contribution >= 0.6 is 0 Å². The molecule has 0 atom stereocenters. The van der Waals surface area contributed by atoms with Gasteiger partial charge in [0.2, 0.25) is 0 Å². The number of hydrogen-bond donors (Lipinski definition) is 0. The third kappa shape index (κ3) is 2.80. The van der Waals surface area contributed by atoms with Crippen LogP contribution in [0.1, 0.15) is 5.56 Å². The summed E-state index contributed by atoms with van der Waals surface area (Å²) in [5.74, 6) is 0.860. The molecular formula is C15H13NO2Se. The summed E-state index contributed by atoms with van der Waals surface area (Å²) >= 11 is 0.197. The van der Waals surface area contributed by atoms with Crippen molar-refractivity contribution in [2.45, 2.75) is 6.61 Å². The molecule has 1 heterocycles. The fraction of sp³-hybridized carbons (Fsp3) is 0.133. The summed E-state index contributed by atoms with van der Waals surface area (Å²) in [6.45, 7) is 0.554. The molecule has 0 unspecified atom stereocenters. The van der Waals surface area contributed by atoms with Gasteiger partial charge < -0.3 is 0 Å². The molecule has 0 radical (unpaired) electrons. The predicted octanol–water partition coefficient (Wildman–Crippen LogP) is 2.88. The van der Waals surface area contributed by atoms with Gasteiger partial charge in [-0.3, -0.25) is 0 Å². The number of nitrogens with zero attached hydrogens (tertiary/aromatic N) is 1. The number of hydrogen-bond acceptors (Lipinski definition) is 3. The second-order valence-electron chi connectivity index (χ2n) is 4.08. The molecule has 0 aliphatic carbocycles. The Morgan fingerprint density at radius 2 is 1.84 bits per heavy atom. The van der Waals surface area contributed by atoms with Crippen molar-refractivity contribution < 1.29 is 9.47 Å². The molecule has 0 fully saturated rings. The summed E-state index contributed by atoms with van der Waals surface area (Å²) in [4.78, 5) is 4.50. The molecule has 96 valence electrons. The van der Waals surface area contributed by atoms with Gasteiger partial charge in [0.15, 0.2) is 0 Å². The van der Waals surface area contributed by atoms with Gasteiger partial charge in [-0.2, -0.15) is 0 Å². The first kappa shape index (κ1) is 12.3. The molecule has 0 spiro atoms. The van der Waals surface area contributed by atoms with Crippen molar-refractivity contribution in [1.29, 1.82) is 0 Å². The van der Waals surface area contributed by atoms with Crippen LogP contribution in [0.2, 0.25) is 0 Å². The van der Waals surface area contributed by atoms with Crippen LogP contribution in [0.4, 0.5) is 0 Å². The SMILES string of the molecule is COc1ccc(COc2nc3ccccc3[se]2)cc1. The van der Waals surface area contributed by atoms with Crippen LogP contribution in [-0.2, 0) is 6.61 Å². The minimum atomic E-state index is 0.197. The maximum absolute atomic E-state index is 5.78. The molecule has 0 aliphatic rings. The Morgan fingerprint density at radius 3 is 2.58 bits per heavy atom. The van der Waals surface area contributed by atoms with Crippen molar-refractivity contribution in [3.8, 4) is 10.5 Å². The molecule has 0 saturated carbocycles. The molecule has 0 amide bonds. The van der Waals surface area contributed by atoms with Crippen LogP contribution in [0.25, 0.3) is 9.78 Å². The van der Waals surface area contributed by atoms with E-state index in [0.29, 0.717) is 6.61 Å². The fourth-order valence-electron chi connectivity index (χ4n) is 1.78. The van der Waals surface area contributed by atoms with Crippen molar-refractivity contribution >= 4 is 24.3 Å². The van der Waals surface area contributed by atoms with E-state index in [2.05, 4.69) is 11.1 Å². The first-order chi connectivity index (χ1) is 9.35. The van der Waals surface area contributed by atoms with Crippen molar-refractivity contribution in [3.63, 3.8) is 0 Å². The molecule has 4 heteroatoms. The number of methoxy groups -OCH3 is 1. The van der Waals surface area contributed by atoms with Crippen molar-refractivity contribution in [3.05, 3.63) is 54.1 Å². The molecule has 3 rings (SSSR count). The van der Waals surface area contributed by atoms with Crippen LogP contribution in [0.3, 0.4) is 0 Å². The average Bonchev–Trinajstić information content (AvgIpc) is 2.88. The van der Waals surface area contributed by atoms with Crippen LogP contribution < -0.4 is 9.47 Å². The third-order valence-electron chi connectivity index (χ3n) is 2.80. The molecule has 0 bridgehead atoms. The average molecular weight is 318 g/mol.